The molecule has 5 nitrogen and oxygen atoms in total. The molecule has 1 aliphatic carbocycles. The summed E-state index contributed by atoms with van der Waals surface area (Å²) in [5.41, 5.74) is 2.34. The van der Waals surface area contributed by atoms with Gasteiger partial charge in [0, 0.05) is 18.8 Å². The lowest BCUT2D eigenvalue weighted by molar-refractivity contribution is 0.210. The molecule has 0 spiro atoms. The highest BCUT2D eigenvalue weighted by Gasteiger charge is 2.16. The molecule has 26 heavy (non-hydrogen) atoms. The van der Waals surface area contributed by atoms with Gasteiger partial charge in [-0.1, -0.05) is 6.42 Å². The number of unbranched alkanes of at least 4 members (excludes halogenated alkanes) is 2. The number of nitrogens with one attached hydrogen (secondary N) is 2. The van der Waals surface area contributed by atoms with E-state index in [0.29, 0.717) is 12.6 Å². The zero-order chi connectivity index (χ0) is 19.0. The summed E-state index contributed by atoms with van der Waals surface area (Å²) in [4.78, 5) is 0. The molecule has 0 amide bonds. The highest BCUT2D eigenvalue weighted by atomic mass is 32.2. The second kappa shape index (κ2) is 10.2. The molecule has 0 radical (unpaired) electrons. The topological polar surface area (TPSA) is 67.4 Å². The standard InChI is InChI=1S/C20H34N2O3S/c1-16(2)26(23,24)22-14-8-4-7-13-21-20-12-11-19(15-17(20)3)25-18-9-5-6-10-18/h11-12,15-16,18,21-22H,4-10,13-14H2,1-3H3. The van der Waals surface area contributed by atoms with Crippen molar-refractivity contribution < 1.29 is 13.2 Å². The normalized spacial score (nSPS) is 15.5. The van der Waals surface area contributed by atoms with Crippen LogP contribution in [0.3, 0.4) is 0 Å². The van der Waals surface area contributed by atoms with E-state index in [0.717, 1.165) is 37.2 Å². The van der Waals surface area contributed by atoms with Crippen molar-refractivity contribution in [3.8, 4) is 5.75 Å². The van der Waals surface area contributed by atoms with Crippen LogP contribution in [0.5, 0.6) is 5.75 Å². The number of hydrogen-bond donors (Lipinski definition) is 2. The van der Waals surface area contributed by atoms with E-state index in [9.17, 15) is 8.42 Å². The summed E-state index contributed by atoms with van der Waals surface area (Å²) in [6, 6.07) is 6.26. The number of ether oxygens (including phenoxy) is 1. The number of hydrogen-bond acceptors (Lipinski definition) is 4. The van der Waals surface area contributed by atoms with Gasteiger partial charge in [0.1, 0.15) is 5.75 Å². The monoisotopic (exact) mass is 382 g/mol. The molecule has 6 heteroatoms. The first kappa shape index (κ1) is 21.0. The molecule has 1 fully saturated rings. The predicted octanol–water partition coefficient (Wildman–Crippen LogP) is 4.23. The maximum atomic E-state index is 11.6. The van der Waals surface area contributed by atoms with Gasteiger partial charge in [0.15, 0.2) is 0 Å². The second-order valence-corrected chi connectivity index (χ2v) is 9.80. The quantitative estimate of drug-likeness (QED) is 0.562. The van der Waals surface area contributed by atoms with E-state index in [1.54, 1.807) is 13.8 Å². The molecule has 0 saturated heterocycles. The van der Waals surface area contributed by atoms with Gasteiger partial charge >= 0.3 is 0 Å². The fourth-order valence-electron chi connectivity index (χ4n) is 3.14. The average Bonchev–Trinajstić information content (AvgIpc) is 3.08. The van der Waals surface area contributed by atoms with Crippen LogP contribution in [0.4, 0.5) is 5.69 Å². The van der Waals surface area contributed by atoms with E-state index in [1.165, 1.54) is 31.2 Å². The van der Waals surface area contributed by atoms with Gasteiger partial charge in [0.25, 0.3) is 0 Å². The minimum atomic E-state index is -3.13. The van der Waals surface area contributed by atoms with Crippen molar-refractivity contribution in [3.63, 3.8) is 0 Å². The van der Waals surface area contributed by atoms with Crippen molar-refractivity contribution in [2.75, 3.05) is 18.4 Å². The third-order valence-corrected chi connectivity index (χ3v) is 6.74. The number of rotatable bonds is 11. The maximum Gasteiger partial charge on any atom is 0.213 e. The van der Waals surface area contributed by atoms with E-state index in [2.05, 4.69) is 29.1 Å². The summed E-state index contributed by atoms with van der Waals surface area (Å²) in [5, 5.41) is 3.10. The molecular weight excluding hydrogens is 348 g/mol. The van der Waals surface area contributed by atoms with Crippen LogP contribution in [0.25, 0.3) is 0 Å². The minimum Gasteiger partial charge on any atom is -0.490 e. The summed E-state index contributed by atoms with van der Waals surface area (Å²) in [7, 11) is -3.13. The fraction of sp³-hybridized carbons (Fsp3) is 0.700. The van der Waals surface area contributed by atoms with E-state index >= 15 is 0 Å². The highest BCUT2D eigenvalue weighted by Crippen LogP contribution is 2.27. The van der Waals surface area contributed by atoms with Crippen molar-refractivity contribution in [2.45, 2.75) is 77.1 Å². The summed E-state index contributed by atoms with van der Waals surface area (Å²) >= 11 is 0. The molecular formula is C20H34N2O3S. The number of aryl methyl sites for hydroxylation is 1. The molecule has 0 unspecified atom stereocenters. The van der Waals surface area contributed by atoms with Crippen molar-refractivity contribution in [3.05, 3.63) is 23.8 Å². The van der Waals surface area contributed by atoms with E-state index < -0.39 is 10.0 Å². The third kappa shape index (κ3) is 6.80. The molecule has 2 N–H and O–H groups in total. The first-order valence-corrected chi connectivity index (χ1v) is 11.4. The molecule has 0 bridgehead atoms. The summed E-state index contributed by atoms with van der Waals surface area (Å²) in [5.74, 6) is 0.970. The van der Waals surface area contributed by atoms with E-state index in [4.69, 9.17) is 4.74 Å². The van der Waals surface area contributed by atoms with Crippen molar-refractivity contribution in [1.29, 1.82) is 0 Å². The SMILES string of the molecule is Cc1cc(OC2CCCC2)ccc1NCCCCCNS(=O)(=O)C(C)C. The van der Waals surface area contributed by atoms with Crippen LogP contribution < -0.4 is 14.8 Å². The first-order valence-electron chi connectivity index (χ1n) is 9.88. The van der Waals surface area contributed by atoms with Crippen LogP contribution in [0.1, 0.15) is 64.4 Å². The molecule has 1 aliphatic rings. The summed E-state index contributed by atoms with van der Waals surface area (Å²) in [6.45, 7) is 6.90. The van der Waals surface area contributed by atoms with Gasteiger partial charge in [-0.25, -0.2) is 13.1 Å². The molecule has 0 heterocycles. The van der Waals surface area contributed by atoms with Gasteiger partial charge in [0.2, 0.25) is 10.0 Å². The maximum absolute atomic E-state index is 11.6. The molecule has 1 aromatic carbocycles. The lowest BCUT2D eigenvalue weighted by atomic mass is 10.1. The molecule has 148 valence electrons. The van der Waals surface area contributed by atoms with Gasteiger partial charge < -0.3 is 10.1 Å². The Morgan fingerprint density at radius 1 is 1.12 bits per heavy atom. The van der Waals surface area contributed by atoms with E-state index in [1.807, 2.05) is 6.07 Å². The van der Waals surface area contributed by atoms with Crippen LogP contribution in [0.2, 0.25) is 0 Å². The Hall–Kier alpha value is -1.27. The van der Waals surface area contributed by atoms with Gasteiger partial charge in [-0.3, -0.25) is 0 Å². The Morgan fingerprint density at radius 3 is 2.46 bits per heavy atom. The van der Waals surface area contributed by atoms with Crippen molar-refractivity contribution in [2.24, 2.45) is 0 Å². The molecule has 1 saturated carbocycles. The Morgan fingerprint density at radius 2 is 1.81 bits per heavy atom. The van der Waals surface area contributed by atoms with Crippen molar-refractivity contribution >= 4 is 15.7 Å². The highest BCUT2D eigenvalue weighted by molar-refractivity contribution is 7.90. The van der Waals surface area contributed by atoms with Gasteiger partial charge in [-0.15, -0.1) is 0 Å². The van der Waals surface area contributed by atoms with Crippen LogP contribution >= 0.6 is 0 Å². The molecule has 1 aromatic rings. The Labute approximate surface area is 159 Å². The average molecular weight is 383 g/mol. The van der Waals surface area contributed by atoms with Crippen LogP contribution in [-0.2, 0) is 10.0 Å². The number of benzene rings is 1. The van der Waals surface area contributed by atoms with Gasteiger partial charge in [0.05, 0.1) is 11.4 Å². The molecule has 0 aromatic heterocycles. The zero-order valence-electron chi connectivity index (χ0n) is 16.4. The van der Waals surface area contributed by atoms with Crippen LogP contribution in [0, 0.1) is 6.92 Å². The number of sulfonamides is 1. The lowest BCUT2D eigenvalue weighted by Crippen LogP contribution is -2.31. The van der Waals surface area contributed by atoms with Crippen LogP contribution in [0.15, 0.2) is 18.2 Å². The first-order chi connectivity index (χ1) is 12.4. The smallest absolute Gasteiger partial charge is 0.213 e. The van der Waals surface area contributed by atoms with Crippen molar-refractivity contribution in [1.82, 2.24) is 4.72 Å². The minimum absolute atomic E-state index is 0.368. The molecule has 0 aliphatic heterocycles. The van der Waals surface area contributed by atoms with Crippen LogP contribution in [-0.4, -0.2) is 32.9 Å². The second-order valence-electron chi connectivity index (χ2n) is 7.48. The van der Waals surface area contributed by atoms with Gasteiger partial charge in [-0.2, -0.15) is 0 Å². The largest absolute Gasteiger partial charge is 0.490 e. The van der Waals surface area contributed by atoms with Gasteiger partial charge in [-0.05, 0) is 83.1 Å². The Balaban J connectivity index is 1.63. The van der Waals surface area contributed by atoms with E-state index in [-0.39, 0.29) is 5.25 Å². The molecule has 0 atom stereocenters. The third-order valence-electron chi connectivity index (χ3n) is 4.90. The number of anilines is 1. The lowest BCUT2D eigenvalue weighted by Gasteiger charge is -2.15. The Bertz CT molecular complexity index is 653. The molecule has 2 rings (SSSR count). The summed E-state index contributed by atoms with van der Waals surface area (Å²) in [6.07, 6.45) is 8.17. The summed E-state index contributed by atoms with van der Waals surface area (Å²) < 4.78 is 32.0. The predicted molar refractivity (Wildman–Crippen MR) is 108 cm³/mol. The Kier molecular flexibility index (Phi) is 8.22. The fourth-order valence-corrected chi connectivity index (χ4v) is 3.90. The zero-order valence-corrected chi connectivity index (χ0v) is 17.2.